The average Bonchev–Trinajstić information content (AvgIpc) is 2.77. The lowest BCUT2D eigenvalue weighted by Gasteiger charge is -2.06. The van der Waals surface area contributed by atoms with Crippen molar-refractivity contribution in [3.8, 4) is 0 Å². The molecule has 1 N–H and O–H groups in total. The zero-order chi connectivity index (χ0) is 13.2. The number of rotatable bonds is 2. The van der Waals surface area contributed by atoms with Gasteiger partial charge in [0.05, 0.1) is 0 Å². The third-order valence-corrected chi connectivity index (χ3v) is 3.43. The highest BCUT2D eigenvalue weighted by Crippen LogP contribution is 2.37. The molecule has 0 spiro atoms. The molecule has 0 radical (unpaired) electrons. The summed E-state index contributed by atoms with van der Waals surface area (Å²) in [5.74, 6) is -0.176. The number of aliphatic hydroxyl groups is 1. The van der Waals surface area contributed by atoms with E-state index in [1.807, 2.05) is 60.7 Å². The van der Waals surface area contributed by atoms with Gasteiger partial charge < -0.3 is 5.11 Å². The number of ketones is 1. The van der Waals surface area contributed by atoms with Gasteiger partial charge >= 0.3 is 0 Å². The molecule has 0 saturated carbocycles. The van der Waals surface area contributed by atoms with E-state index in [1.165, 1.54) is 0 Å². The van der Waals surface area contributed by atoms with Crippen LogP contribution in [-0.4, -0.2) is 17.0 Å². The van der Waals surface area contributed by atoms with Crippen LogP contribution in [0.2, 0.25) is 0 Å². The molecule has 2 aromatic carbocycles. The molecule has 0 bridgehead atoms. The van der Waals surface area contributed by atoms with Crippen molar-refractivity contribution >= 4 is 16.9 Å². The van der Waals surface area contributed by atoms with Crippen molar-refractivity contribution in [2.45, 2.75) is 12.5 Å². The zero-order valence-corrected chi connectivity index (χ0v) is 10.4. The van der Waals surface area contributed by atoms with Gasteiger partial charge in [-0.05, 0) is 16.7 Å². The molecule has 94 valence electrons. The van der Waals surface area contributed by atoms with Crippen molar-refractivity contribution in [1.29, 1.82) is 0 Å². The maximum atomic E-state index is 12.2. The highest BCUT2D eigenvalue weighted by atomic mass is 16.3. The highest BCUT2D eigenvalue weighted by molar-refractivity contribution is 6.32. The van der Waals surface area contributed by atoms with Gasteiger partial charge in [0, 0.05) is 12.0 Å². The Morgan fingerprint density at radius 2 is 1.37 bits per heavy atom. The summed E-state index contributed by atoms with van der Waals surface area (Å²) in [6.45, 7) is 0. The van der Waals surface area contributed by atoms with E-state index in [2.05, 4.69) is 0 Å². The predicted octanol–water partition coefficient (Wildman–Crippen LogP) is 2.93. The van der Waals surface area contributed by atoms with E-state index in [0.29, 0.717) is 12.0 Å². The van der Waals surface area contributed by atoms with Gasteiger partial charge in [0.2, 0.25) is 0 Å². The van der Waals surface area contributed by atoms with Crippen molar-refractivity contribution in [3.63, 3.8) is 0 Å². The van der Waals surface area contributed by atoms with E-state index < -0.39 is 6.10 Å². The second-order valence-electron chi connectivity index (χ2n) is 4.67. The molecule has 2 heteroatoms. The molecule has 3 rings (SSSR count). The van der Waals surface area contributed by atoms with Gasteiger partial charge in [0.1, 0.15) is 6.10 Å². The predicted molar refractivity (Wildman–Crippen MR) is 75.3 cm³/mol. The highest BCUT2D eigenvalue weighted by Gasteiger charge is 2.32. The summed E-state index contributed by atoms with van der Waals surface area (Å²) in [7, 11) is 0. The number of aliphatic hydroxyl groups excluding tert-OH is 1. The molecule has 0 aliphatic heterocycles. The summed E-state index contributed by atoms with van der Waals surface area (Å²) in [6.07, 6.45) is -0.516. The minimum absolute atomic E-state index is 0.176. The van der Waals surface area contributed by atoms with Crippen molar-refractivity contribution in [2.75, 3.05) is 0 Å². The van der Waals surface area contributed by atoms with E-state index in [0.717, 1.165) is 16.7 Å². The summed E-state index contributed by atoms with van der Waals surface area (Å²) in [4.78, 5) is 12.2. The van der Waals surface area contributed by atoms with Crippen LogP contribution in [0.4, 0.5) is 0 Å². The minimum atomic E-state index is -0.912. The summed E-state index contributed by atoms with van der Waals surface area (Å²) in [6, 6.07) is 19.3. The Kier molecular flexibility index (Phi) is 3.02. The lowest BCUT2D eigenvalue weighted by Crippen LogP contribution is -2.14. The Labute approximate surface area is 112 Å². The first-order valence-corrected chi connectivity index (χ1v) is 6.33. The summed E-state index contributed by atoms with van der Waals surface area (Å²) in [5, 5.41) is 9.87. The Balaban J connectivity index is 2.17. The van der Waals surface area contributed by atoms with E-state index >= 15 is 0 Å². The summed E-state index contributed by atoms with van der Waals surface area (Å²) >= 11 is 0. The van der Waals surface area contributed by atoms with Crippen molar-refractivity contribution in [3.05, 3.63) is 71.8 Å². The van der Waals surface area contributed by atoms with E-state index in [1.54, 1.807) is 0 Å². The summed E-state index contributed by atoms with van der Waals surface area (Å²) < 4.78 is 0. The molecule has 2 aromatic rings. The van der Waals surface area contributed by atoms with Crippen molar-refractivity contribution < 1.29 is 9.90 Å². The Bertz CT molecular complexity index is 627. The molecule has 2 nitrogen and oxygen atoms in total. The van der Waals surface area contributed by atoms with Crippen LogP contribution in [0.15, 0.2) is 60.7 Å². The number of carbonyl (C=O) groups excluding carboxylic acids is 1. The van der Waals surface area contributed by atoms with Crippen molar-refractivity contribution in [2.24, 2.45) is 0 Å². The first-order valence-electron chi connectivity index (χ1n) is 6.33. The fraction of sp³-hybridized carbons (Fsp3) is 0.118. The number of Topliss-reactive ketones (excluding diaryl/α,β-unsaturated/α-hetero) is 1. The summed E-state index contributed by atoms with van der Waals surface area (Å²) in [5.41, 5.74) is 3.47. The molecule has 1 aliphatic carbocycles. The first kappa shape index (κ1) is 11.9. The van der Waals surface area contributed by atoms with Crippen LogP contribution in [0.5, 0.6) is 0 Å². The molecule has 0 aromatic heterocycles. The topological polar surface area (TPSA) is 37.3 Å². The van der Waals surface area contributed by atoms with Crippen LogP contribution >= 0.6 is 0 Å². The second kappa shape index (κ2) is 4.82. The second-order valence-corrected chi connectivity index (χ2v) is 4.67. The fourth-order valence-corrected chi connectivity index (χ4v) is 2.53. The smallest absolute Gasteiger partial charge is 0.192 e. The van der Waals surface area contributed by atoms with Gasteiger partial charge in [-0.3, -0.25) is 4.79 Å². The van der Waals surface area contributed by atoms with E-state index in [9.17, 15) is 9.90 Å². The van der Waals surface area contributed by atoms with Gasteiger partial charge in [0.15, 0.2) is 5.78 Å². The van der Waals surface area contributed by atoms with Gasteiger partial charge in [-0.15, -0.1) is 0 Å². The molecule has 0 saturated heterocycles. The monoisotopic (exact) mass is 250 g/mol. The van der Waals surface area contributed by atoms with Gasteiger partial charge in [0.25, 0.3) is 0 Å². The van der Waals surface area contributed by atoms with Crippen LogP contribution < -0.4 is 0 Å². The molecule has 1 aliphatic rings. The molecule has 0 fully saturated rings. The maximum Gasteiger partial charge on any atom is 0.192 e. The van der Waals surface area contributed by atoms with Crippen LogP contribution in [0, 0.1) is 0 Å². The van der Waals surface area contributed by atoms with E-state index in [4.69, 9.17) is 0 Å². The minimum Gasteiger partial charge on any atom is -0.385 e. The molecule has 19 heavy (non-hydrogen) atoms. The maximum absolute atomic E-state index is 12.2. The quantitative estimate of drug-likeness (QED) is 0.889. The number of carbonyl (C=O) groups is 1. The third-order valence-electron chi connectivity index (χ3n) is 3.43. The van der Waals surface area contributed by atoms with Gasteiger partial charge in [-0.1, -0.05) is 60.7 Å². The molecule has 0 amide bonds. The largest absolute Gasteiger partial charge is 0.385 e. The first-order chi connectivity index (χ1) is 9.27. The van der Waals surface area contributed by atoms with Gasteiger partial charge in [-0.2, -0.15) is 0 Å². The lowest BCUT2D eigenvalue weighted by atomic mass is 9.97. The SMILES string of the molecule is O=C1C(c2ccccc2)=C(c2ccccc2)CC1O. The fourth-order valence-electron chi connectivity index (χ4n) is 2.53. The van der Waals surface area contributed by atoms with Crippen LogP contribution in [0.1, 0.15) is 17.5 Å². The molecule has 0 heterocycles. The average molecular weight is 250 g/mol. The zero-order valence-electron chi connectivity index (χ0n) is 10.4. The van der Waals surface area contributed by atoms with Crippen LogP contribution in [0.25, 0.3) is 11.1 Å². The standard InChI is InChI=1S/C17H14O2/c18-15-11-14(12-7-3-1-4-8-12)16(17(15)19)13-9-5-2-6-10-13/h1-10,15,18H,11H2. The number of hydrogen-bond donors (Lipinski definition) is 1. The van der Waals surface area contributed by atoms with E-state index in [-0.39, 0.29) is 5.78 Å². The molecular weight excluding hydrogens is 236 g/mol. The Morgan fingerprint density at radius 3 is 1.95 bits per heavy atom. The van der Waals surface area contributed by atoms with Crippen LogP contribution in [0.3, 0.4) is 0 Å². The number of benzene rings is 2. The molecular formula is C17H14O2. The molecule has 1 unspecified atom stereocenters. The van der Waals surface area contributed by atoms with Gasteiger partial charge in [-0.25, -0.2) is 0 Å². The Morgan fingerprint density at radius 1 is 0.842 bits per heavy atom. The number of hydrogen-bond acceptors (Lipinski definition) is 2. The lowest BCUT2D eigenvalue weighted by molar-refractivity contribution is -0.120. The normalized spacial score (nSPS) is 19.0. The van der Waals surface area contributed by atoms with Crippen LogP contribution in [-0.2, 0) is 4.79 Å². The Hall–Kier alpha value is -2.19. The molecule has 1 atom stereocenters. The van der Waals surface area contributed by atoms with Crippen molar-refractivity contribution in [1.82, 2.24) is 0 Å². The third kappa shape index (κ3) is 2.11.